The van der Waals surface area contributed by atoms with Crippen LogP contribution in [0.2, 0.25) is 5.02 Å². The van der Waals surface area contributed by atoms with Crippen molar-refractivity contribution in [1.82, 2.24) is 14.5 Å². The van der Waals surface area contributed by atoms with Crippen molar-refractivity contribution in [3.8, 4) is 5.69 Å². The molecule has 0 aliphatic heterocycles. The minimum absolute atomic E-state index is 0.135. The standard InChI is InChI=1S/C32H36ClN3O2/c1-4-7-8-13-22-35(31(37)25-14-9-11-16-27(25)33)29(6-3)30-34-28-17-12-10-15-26(28)32(38)36(30)24-20-18-23(5-2)19-21-24/h9-12,14-21,29H,4-8,13,22H2,1-3H3. The Bertz CT molecular complexity index is 1450. The van der Waals surface area contributed by atoms with Gasteiger partial charge in [0, 0.05) is 6.54 Å². The van der Waals surface area contributed by atoms with Crippen LogP contribution in [0.15, 0.2) is 77.6 Å². The molecule has 0 saturated carbocycles. The zero-order valence-electron chi connectivity index (χ0n) is 22.5. The molecule has 0 aliphatic rings. The third kappa shape index (κ3) is 5.83. The topological polar surface area (TPSA) is 55.2 Å². The van der Waals surface area contributed by atoms with Crippen molar-refractivity contribution in [2.45, 2.75) is 65.3 Å². The van der Waals surface area contributed by atoms with Crippen LogP contribution in [-0.2, 0) is 6.42 Å². The summed E-state index contributed by atoms with van der Waals surface area (Å²) in [5, 5.41) is 0.975. The van der Waals surface area contributed by atoms with Crippen LogP contribution >= 0.6 is 11.6 Å². The smallest absolute Gasteiger partial charge is 0.266 e. The van der Waals surface area contributed by atoms with E-state index in [-0.39, 0.29) is 11.5 Å². The number of halogens is 1. The summed E-state index contributed by atoms with van der Waals surface area (Å²) in [6.07, 6.45) is 5.61. The van der Waals surface area contributed by atoms with Gasteiger partial charge in [-0.1, -0.05) is 88.0 Å². The highest BCUT2D eigenvalue weighted by atomic mass is 35.5. The van der Waals surface area contributed by atoms with Crippen LogP contribution < -0.4 is 5.56 Å². The number of nitrogens with zero attached hydrogens (tertiary/aromatic N) is 3. The lowest BCUT2D eigenvalue weighted by Crippen LogP contribution is -2.39. The van der Waals surface area contributed by atoms with Crippen LogP contribution in [0.5, 0.6) is 0 Å². The molecule has 0 bridgehead atoms. The normalized spacial score (nSPS) is 12.0. The van der Waals surface area contributed by atoms with E-state index in [9.17, 15) is 9.59 Å². The number of benzene rings is 3. The van der Waals surface area contributed by atoms with Crippen LogP contribution in [0.3, 0.4) is 0 Å². The number of carbonyl (C=O) groups excluding carboxylic acids is 1. The average Bonchev–Trinajstić information content (AvgIpc) is 2.95. The number of amides is 1. The highest BCUT2D eigenvalue weighted by Gasteiger charge is 2.30. The fourth-order valence-corrected chi connectivity index (χ4v) is 5.16. The number of unbranched alkanes of at least 4 members (excludes halogenated alkanes) is 3. The molecule has 1 unspecified atom stereocenters. The fraction of sp³-hybridized carbons (Fsp3) is 0.344. The number of aryl methyl sites for hydroxylation is 1. The minimum Gasteiger partial charge on any atom is -0.328 e. The van der Waals surface area contributed by atoms with Gasteiger partial charge in [-0.15, -0.1) is 0 Å². The monoisotopic (exact) mass is 529 g/mol. The lowest BCUT2D eigenvalue weighted by Gasteiger charge is -2.33. The van der Waals surface area contributed by atoms with E-state index in [0.29, 0.717) is 40.3 Å². The third-order valence-corrected chi connectivity index (χ3v) is 7.41. The van der Waals surface area contributed by atoms with E-state index < -0.39 is 6.04 Å². The van der Waals surface area contributed by atoms with E-state index in [1.165, 1.54) is 5.56 Å². The van der Waals surface area contributed by atoms with Gasteiger partial charge >= 0.3 is 0 Å². The third-order valence-electron chi connectivity index (χ3n) is 7.08. The molecule has 0 fully saturated rings. The number of fused-ring (bicyclic) bond motifs is 1. The van der Waals surface area contributed by atoms with Crippen molar-refractivity contribution in [1.29, 1.82) is 0 Å². The molecule has 4 aromatic rings. The van der Waals surface area contributed by atoms with Crippen molar-refractivity contribution < 1.29 is 4.79 Å². The zero-order chi connectivity index (χ0) is 27.1. The van der Waals surface area contributed by atoms with Crippen LogP contribution in [0, 0.1) is 0 Å². The second-order valence-corrected chi connectivity index (χ2v) is 10.0. The molecule has 0 N–H and O–H groups in total. The van der Waals surface area contributed by atoms with E-state index >= 15 is 0 Å². The molecule has 0 spiro atoms. The SMILES string of the molecule is CCCCCCN(C(=O)c1ccccc1Cl)C(CC)c1nc2ccccc2c(=O)n1-c1ccc(CC)cc1. The molecule has 0 radical (unpaired) electrons. The van der Waals surface area contributed by atoms with Crippen molar-refractivity contribution in [2.75, 3.05) is 6.54 Å². The Morgan fingerprint density at radius 3 is 2.32 bits per heavy atom. The maximum atomic E-state index is 14.0. The Kier molecular flexibility index (Phi) is 9.35. The quantitative estimate of drug-likeness (QED) is 0.186. The molecule has 198 valence electrons. The van der Waals surface area contributed by atoms with Crippen molar-refractivity contribution in [3.05, 3.63) is 105 Å². The number of para-hydroxylation sites is 1. The summed E-state index contributed by atoms with van der Waals surface area (Å²) >= 11 is 6.48. The molecular weight excluding hydrogens is 494 g/mol. The van der Waals surface area contributed by atoms with Gasteiger partial charge in [0.1, 0.15) is 5.82 Å². The van der Waals surface area contributed by atoms with Crippen molar-refractivity contribution in [2.24, 2.45) is 0 Å². The van der Waals surface area contributed by atoms with Gasteiger partial charge in [0.2, 0.25) is 0 Å². The van der Waals surface area contributed by atoms with Gasteiger partial charge in [0.25, 0.3) is 11.5 Å². The number of hydrogen-bond donors (Lipinski definition) is 0. The Balaban J connectivity index is 1.90. The molecular formula is C32H36ClN3O2. The van der Waals surface area contributed by atoms with Gasteiger partial charge in [-0.2, -0.15) is 0 Å². The predicted molar refractivity (Wildman–Crippen MR) is 156 cm³/mol. The molecule has 1 heterocycles. The molecule has 1 amide bonds. The van der Waals surface area contributed by atoms with E-state index in [1.54, 1.807) is 16.7 Å². The molecule has 0 aliphatic carbocycles. The Hall–Kier alpha value is -3.44. The second-order valence-electron chi connectivity index (χ2n) is 9.61. The summed E-state index contributed by atoms with van der Waals surface area (Å²) in [6.45, 7) is 6.87. The van der Waals surface area contributed by atoms with Crippen LogP contribution in [-0.4, -0.2) is 26.9 Å². The zero-order valence-corrected chi connectivity index (χ0v) is 23.2. The number of rotatable bonds is 11. The number of aromatic nitrogens is 2. The molecule has 4 rings (SSSR count). The second kappa shape index (κ2) is 12.9. The van der Waals surface area contributed by atoms with Gasteiger partial charge in [-0.05, 0) is 61.2 Å². The first-order valence-corrected chi connectivity index (χ1v) is 14.0. The first-order valence-electron chi connectivity index (χ1n) is 13.7. The molecule has 38 heavy (non-hydrogen) atoms. The first kappa shape index (κ1) is 27.6. The molecule has 1 atom stereocenters. The van der Waals surface area contributed by atoms with Gasteiger partial charge < -0.3 is 4.90 Å². The Labute approximate surface area is 230 Å². The Morgan fingerprint density at radius 2 is 1.63 bits per heavy atom. The molecule has 5 nitrogen and oxygen atoms in total. The molecule has 3 aromatic carbocycles. The highest BCUT2D eigenvalue weighted by Crippen LogP contribution is 2.29. The van der Waals surface area contributed by atoms with E-state index in [0.717, 1.165) is 37.8 Å². The fourth-order valence-electron chi connectivity index (χ4n) is 4.94. The largest absolute Gasteiger partial charge is 0.328 e. The number of carbonyl (C=O) groups is 1. The Morgan fingerprint density at radius 1 is 0.921 bits per heavy atom. The maximum Gasteiger partial charge on any atom is 0.266 e. The summed E-state index contributed by atoms with van der Waals surface area (Å²) in [6, 6.07) is 22.2. The van der Waals surface area contributed by atoms with Crippen LogP contribution in [0.1, 0.15) is 80.7 Å². The molecule has 0 saturated heterocycles. The summed E-state index contributed by atoms with van der Waals surface area (Å²) < 4.78 is 1.69. The maximum absolute atomic E-state index is 14.0. The summed E-state index contributed by atoms with van der Waals surface area (Å²) in [5.74, 6) is 0.422. The highest BCUT2D eigenvalue weighted by molar-refractivity contribution is 6.33. The van der Waals surface area contributed by atoms with Crippen LogP contribution in [0.25, 0.3) is 16.6 Å². The predicted octanol–water partition coefficient (Wildman–Crippen LogP) is 7.78. The summed E-state index contributed by atoms with van der Waals surface area (Å²) in [7, 11) is 0. The average molecular weight is 530 g/mol. The number of hydrogen-bond acceptors (Lipinski definition) is 3. The van der Waals surface area contributed by atoms with Crippen LogP contribution in [0.4, 0.5) is 0 Å². The molecule has 6 heteroatoms. The van der Waals surface area contributed by atoms with Gasteiger partial charge in [0.15, 0.2) is 0 Å². The van der Waals surface area contributed by atoms with Crippen molar-refractivity contribution >= 4 is 28.4 Å². The van der Waals surface area contributed by atoms with E-state index in [1.807, 2.05) is 72.5 Å². The van der Waals surface area contributed by atoms with Gasteiger partial charge in [0.05, 0.1) is 33.2 Å². The lowest BCUT2D eigenvalue weighted by molar-refractivity contribution is 0.0655. The summed E-state index contributed by atoms with van der Waals surface area (Å²) in [4.78, 5) is 34.8. The van der Waals surface area contributed by atoms with Gasteiger partial charge in [-0.25, -0.2) is 4.98 Å². The molecule has 1 aromatic heterocycles. The van der Waals surface area contributed by atoms with Crippen molar-refractivity contribution in [3.63, 3.8) is 0 Å². The minimum atomic E-state index is -0.413. The first-order chi connectivity index (χ1) is 18.5. The lowest BCUT2D eigenvalue weighted by atomic mass is 10.1. The van der Waals surface area contributed by atoms with E-state index in [4.69, 9.17) is 16.6 Å². The van der Waals surface area contributed by atoms with Gasteiger partial charge in [-0.3, -0.25) is 14.2 Å². The summed E-state index contributed by atoms with van der Waals surface area (Å²) in [5.41, 5.74) is 2.89. The van der Waals surface area contributed by atoms with E-state index in [2.05, 4.69) is 13.8 Å².